The van der Waals surface area contributed by atoms with Gasteiger partial charge in [-0.3, -0.25) is 18.6 Å². The highest BCUT2D eigenvalue weighted by molar-refractivity contribution is 7.47. The van der Waals surface area contributed by atoms with Crippen molar-refractivity contribution in [2.45, 2.75) is 367 Å². The third kappa shape index (κ3) is 69.4. The Labute approximate surface area is 552 Å². The molecular weight excluding hydrogens is 1120 g/mol. The molecule has 3 atom stereocenters. The molecule has 3 unspecified atom stereocenters. The van der Waals surface area contributed by atoms with Gasteiger partial charge in [0.05, 0.1) is 33.8 Å². The van der Waals surface area contributed by atoms with Crippen molar-refractivity contribution in [2.75, 3.05) is 40.9 Å². The van der Waals surface area contributed by atoms with E-state index in [1.54, 1.807) is 0 Å². The van der Waals surface area contributed by atoms with E-state index in [1.807, 2.05) is 33.3 Å². The zero-order valence-corrected chi connectivity index (χ0v) is 60.3. The molecule has 0 heterocycles. The number of allylic oxidation sites excluding steroid dienone is 13. The van der Waals surface area contributed by atoms with Gasteiger partial charge in [0.15, 0.2) is 0 Å². The Bertz CT molecular complexity index is 1800. The summed E-state index contributed by atoms with van der Waals surface area (Å²) in [7, 11) is 1.50. The summed E-state index contributed by atoms with van der Waals surface area (Å²) in [5.74, 6) is -0.501. The Balaban J connectivity index is 5.04. The minimum Gasteiger partial charge on any atom is -0.456 e. The number of phosphoric ester groups is 1. The molecule has 0 saturated heterocycles. The molecule has 0 bridgehead atoms. The van der Waals surface area contributed by atoms with Crippen LogP contribution in [0.2, 0.25) is 0 Å². The van der Waals surface area contributed by atoms with E-state index in [0.29, 0.717) is 17.4 Å². The largest absolute Gasteiger partial charge is 0.472 e. The van der Waals surface area contributed by atoms with Crippen molar-refractivity contribution in [1.29, 1.82) is 0 Å². The molecule has 0 fully saturated rings. The number of nitrogens with one attached hydrogen (secondary N) is 1. The second-order valence-electron chi connectivity index (χ2n) is 26.8. The van der Waals surface area contributed by atoms with Crippen molar-refractivity contribution >= 4 is 19.7 Å². The highest BCUT2D eigenvalue weighted by Crippen LogP contribution is 2.43. The van der Waals surface area contributed by atoms with Crippen molar-refractivity contribution in [3.05, 3.63) is 85.1 Å². The van der Waals surface area contributed by atoms with Gasteiger partial charge in [0.2, 0.25) is 5.91 Å². The topological polar surface area (TPSA) is 111 Å². The van der Waals surface area contributed by atoms with E-state index < -0.39 is 20.0 Å². The maximum atomic E-state index is 13.7. The first-order valence-electron chi connectivity index (χ1n) is 37.9. The molecule has 0 aliphatic rings. The first-order valence-corrected chi connectivity index (χ1v) is 39.4. The molecule has 89 heavy (non-hydrogen) atoms. The smallest absolute Gasteiger partial charge is 0.456 e. The van der Waals surface area contributed by atoms with Crippen LogP contribution in [0, 0.1) is 0 Å². The predicted octanol–water partition coefficient (Wildman–Crippen LogP) is 24.5. The van der Waals surface area contributed by atoms with Crippen LogP contribution in [-0.2, 0) is 27.9 Å². The van der Waals surface area contributed by atoms with E-state index in [-0.39, 0.29) is 31.5 Å². The minimum absolute atomic E-state index is 0.0372. The molecule has 9 nitrogen and oxygen atoms in total. The summed E-state index contributed by atoms with van der Waals surface area (Å²) < 4.78 is 30.9. The Morgan fingerprint density at radius 2 is 0.685 bits per heavy atom. The summed E-state index contributed by atoms with van der Waals surface area (Å²) >= 11 is 0. The minimum atomic E-state index is -4.46. The lowest BCUT2D eigenvalue weighted by Crippen LogP contribution is -2.47. The van der Waals surface area contributed by atoms with Gasteiger partial charge < -0.3 is 19.4 Å². The lowest BCUT2D eigenvalue weighted by Gasteiger charge is -2.27. The van der Waals surface area contributed by atoms with Crippen LogP contribution in [0.1, 0.15) is 355 Å². The molecule has 2 N–H and O–H groups in total. The highest BCUT2D eigenvalue weighted by Gasteiger charge is 2.30. The Morgan fingerprint density at radius 3 is 1.04 bits per heavy atom. The van der Waals surface area contributed by atoms with Crippen molar-refractivity contribution < 1.29 is 37.3 Å². The number of hydrogen-bond donors (Lipinski definition) is 2. The fourth-order valence-corrected chi connectivity index (χ4v) is 11.7. The summed E-state index contributed by atoms with van der Waals surface area (Å²) in [6.45, 7) is 7.00. The average molecular weight is 1270 g/mol. The van der Waals surface area contributed by atoms with E-state index in [0.717, 1.165) is 96.3 Å². The number of nitrogens with zero attached hydrogens (tertiary/aromatic N) is 1. The van der Waals surface area contributed by atoms with E-state index in [1.165, 1.54) is 225 Å². The van der Waals surface area contributed by atoms with E-state index in [4.69, 9.17) is 13.8 Å². The summed E-state index contributed by atoms with van der Waals surface area (Å²) in [5.41, 5.74) is 0. The lowest BCUT2D eigenvalue weighted by molar-refractivity contribution is -0.870. The van der Waals surface area contributed by atoms with Crippen LogP contribution in [0.3, 0.4) is 0 Å². The number of likely N-dealkylation sites (N-methyl/N-ethyl adjacent to an activating group) is 1. The molecule has 0 aliphatic carbocycles. The third-order valence-electron chi connectivity index (χ3n) is 16.8. The molecule has 10 heteroatoms. The van der Waals surface area contributed by atoms with Gasteiger partial charge in [-0.15, -0.1) is 0 Å². The maximum absolute atomic E-state index is 13.7. The van der Waals surface area contributed by atoms with Gasteiger partial charge in [-0.25, -0.2) is 4.57 Å². The quantitative estimate of drug-likeness (QED) is 0.0205. The van der Waals surface area contributed by atoms with Gasteiger partial charge in [0.25, 0.3) is 0 Å². The van der Waals surface area contributed by atoms with Crippen LogP contribution < -0.4 is 5.32 Å². The van der Waals surface area contributed by atoms with E-state index in [2.05, 4.69) is 99.0 Å². The molecule has 0 aliphatic heterocycles. The number of ether oxygens (including phenoxy) is 1. The summed E-state index contributed by atoms with van der Waals surface area (Å²) in [6.07, 6.45) is 91.7. The Morgan fingerprint density at radius 1 is 0.393 bits per heavy atom. The van der Waals surface area contributed by atoms with Gasteiger partial charge in [-0.1, -0.05) is 318 Å². The molecule has 0 rings (SSSR count). The second kappa shape index (κ2) is 68.1. The monoisotopic (exact) mass is 1270 g/mol. The average Bonchev–Trinajstić information content (AvgIpc) is 3.67. The predicted molar refractivity (Wildman–Crippen MR) is 388 cm³/mol. The molecule has 0 aromatic heterocycles. The number of carbonyl (C=O) groups excluding carboxylic acids is 2. The van der Waals surface area contributed by atoms with Crippen LogP contribution in [0.25, 0.3) is 0 Å². The fraction of sp³-hybridized carbons (Fsp3) is 0.797. The lowest BCUT2D eigenvalue weighted by atomic mass is 10.0. The summed E-state index contributed by atoms with van der Waals surface area (Å²) in [4.78, 5) is 38.0. The number of carbonyl (C=O) groups is 2. The first-order chi connectivity index (χ1) is 43.4. The second-order valence-corrected chi connectivity index (χ2v) is 28.3. The maximum Gasteiger partial charge on any atom is 0.472 e. The third-order valence-corrected chi connectivity index (χ3v) is 17.8. The van der Waals surface area contributed by atoms with Crippen LogP contribution in [0.15, 0.2) is 85.1 Å². The van der Waals surface area contributed by atoms with Gasteiger partial charge in [-0.2, -0.15) is 0 Å². The van der Waals surface area contributed by atoms with Gasteiger partial charge >= 0.3 is 13.8 Å². The Kier molecular flexibility index (Phi) is 65.9. The fourth-order valence-electron chi connectivity index (χ4n) is 11.0. The van der Waals surface area contributed by atoms with E-state index >= 15 is 0 Å². The zero-order chi connectivity index (χ0) is 64.9. The van der Waals surface area contributed by atoms with Crippen LogP contribution >= 0.6 is 7.82 Å². The molecule has 518 valence electrons. The number of rotatable bonds is 69. The van der Waals surface area contributed by atoms with Crippen molar-refractivity contribution in [2.24, 2.45) is 0 Å². The molecule has 0 aromatic carbocycles. The van der Waals surface area contributed by atoms with Crippen molar-refractivity contribution in [3.63, 3.8) is 0 Å². The molecule has 0 spiro atoms. The van der Waals surface area contributed by atoms with Gasteiger partial charge in [0, 0.05) is 12.8 Å². The number of unbranched alkanes of at least 4 members (excludes halogenated alkanes) is 41. The highest BCUT2D eigenvalue weighted by atomic mass is 31.2. The van der Waals surface area contributed by atoms with Gasteiger partial charge in [-0.05, 0) is 109 Å². The number of amides is 1. The Hall–Kier alpha value is -2.81. The van der Waals surface area contributed by atoms with Crippen LogP contribution in [0.4, 0.5) is 0 Å². The zero-order valence-electron chi connectivity index (χ0n) is 59.4. The molecule has 1 amide bonds. The van der Waals surface area contributed by atoms with Crippen LogP contribution in [-0.4, -0.2) is 74.3 Å². The van der Waals surface area contributed by atoms with E-state index in [9.17, 15) is 19.0 Å². The number of phosphoric acid groups is 1. The van der Waals surface area contributed by atoms with Crippen molar-refractivity contribution in [1.82, 2.24) is 5.32 Å². The molecule has 0 aromatic rings. The first kappa shape index (κ1) is 86.2. The molecular formula is C79H146N2O7P+. The number of esters is 1. The SMILES string of the molecule is CCCCC/C=C\C/C=C\C/C=C\C/C=C\CCCCCCCCCCCC(=O)NC(COP(=O)(O)OCC[N+](C)(C)C)C(/C=C/CCCCCCCCCCCCC)OC(=O)CCCCCCCCCCCCCCCCC/C=C\C/C=C\CCCCC. The normalized spacial score (nSPS) is 13.9. The summed E-state index contributed by atoms with van der Waals surface area (Å²) in [5, 5.41) is 3.08. The molecule has 0 saturated carbocycles. The molecule has 0 radical (unpaired) electrons. The number of hydrogen-bond acceptors (Lipinski definition) is 6. The van der Waals surface area contributed by atoms with Gasteiger partial charge in [0.1, 0.15) is 19.3 Å². The van der Waals surface area contributed by atoms with Crippen molar-refractivity contribution in [3.8, 4) is 0 Å². The summed E-state index contributed by atoms with van der Waals surface area (Å²) in [6, 6.07) is -0.856. The number of quaternary nitrogens is 1. The standard InChI is InChI=1S/C79H145N2O7P/c1-7-10-13-16-19-22-25-28-30-32-34-36-38-40-42-44-46-48-50-53-56-59-62-65-68-71-78(82)80-76(75-87-89(84,85)86-74-73-81(4,5)6)77(70-67-64-61-58-55-52-27-24-21-18-15-12-9-3)88-79(83)72-69-66-63-60-57-54-51-49-47-45-43-41-39-37-35-33-31-29-26-23-20-17-14-11-8-2/h19-20,22-23,28-31,34,36,40,42,67,70,76-77H,7-18,21,24-27,32-33,35,37-39,41,43-66,68-69,71-75H2,1-6H3,(H-,80,82,84,85)/p+1/b22-19-,23-20-,30-28-,31-29-,36-34-,42-40-,70-67+. The van der Waals surface area contributed by atoms with Crippen LogP contribution in [0.5, 0.6) is 0 Å².